The molecule has 0 aromatic heterocycles. The van der Waals surface area contributed by atoms with Gasteiger partial charge in [0.2, 0.25) is 0 Å². The number of likely N-dealkylation sites (N-methyl/N-ethyl adjacent to an activating group) is 1. The molecule has 0 amide bonds. The Morgan fingerprint density at radius 3 is 2.65 bits per heavy atom. The van der Waals surface area contributed by atoms with E-state index in [1.54, 1.807) is 0 Å². The molecule has 0 heterocycles. The first-order valence-corrected chi connectivity index (χ1v) is 7.36. The summed E-state index contributed by atoms with van der Waals surface area (Å²) >= 11 is 0. The Kier molecular flexibility index (Phi) is 5.15. The van der Waals surface area contributed by atoms with E-state index in [2.05, 4.69) is 11.4 Å². The van der Waals surface area contributed by atoms with Gasteiger partial charge in [-0.05, 0) is 48.9 Å². The molecule has 1 aliphatic carbocycles. The zero-order valence-corrected chi connectivity index (χ0v) is 11.9. The van der Waals surface area contributed by atoms with E-state index in [0.717, 1.165) is 18.4 Å². The van der Waals surface area contributed by atoms with Crippen LogP contribution in [0.3, 0.4) is 0 Å². The number of aliphatic hydroxyl groups excluding tert-OH is 1. The first-order valence-electron chi connectivity index (χ1n) is 7.36. The molecule has 3 N–H and O–H groups in total. The van der Waals surface area contributed by atoms with E-state index in [1.807, 2.05) is 19.1 Å². The van der Waals surface area contributed by atoms with Crippen molar-refractivity contribution < 1.29 is 15.0 Å². The molecule has 2 unspecified atom stereocenters. The predicted molar refractivity (Wildman–Crippen MR) is 77.8 cm³/mol. The maximum absolute atomic E-state index is 10.9. The molecule has 0 aliphatic heterocycles. The molecule has 0 fully saturated rings. The highest BCUT2D eigenvalue weighted by molar-refractivity contribution is 5.67. The minimum atomic E-state index is -0.895. The number of aryl methyl sites for hydroxylation is 2. The summed E-state index contributed by atoms with van der Waals surface area (Å²) in [6.07, 6.45) is 3.73. The summed E-state index contributed by atoms with van der Waals surface area (Å²) in [5, 5.41) is 22.4. The van der Waals surface area contributed by atoms with Crippen LogP contribution in [-0.4, -0.2) is 28.8 Å². The summed E-state index contributed by atoms with van der Waals surface area (Å²) in [6, 6.07) is 5.61. The Hall–Kier alpha value is -1.39. The van der Waals surface area contributed by atoms with Crippen molar-refractivity contribution in [1.29, 1.82) is 0 Å². The lowest BCUT2D eigenvalue weighted by Gasteiger charge is -2.24. The topological polar surface area (TPSA) is 69.6 Å². The van der Waals surface area contributed by atoms with Gasteiger partial charge in [-0.3, -0.25) is 4.79 Å². The van der Waals surface area contributed by atoms with Gasteiger partial charge in [0.25, 0.3) is 0 Å². The molecule has 0 saturated carbocycles. The van der Waals surface area contributed by atoms with E-state index in [4.69, 9.17) is 5.11 Å². The fraction of sp³-hybridized carbons (Fsp3) is 0.562. The van der Waals surface area contributed by atoms with Crippen LogP contribution in [0, 0.1) is 0 Å². The highest BCUT2D eigenvalue weighted by Crippen LogP contribution is 2.26. The predicted octanol–water partition coefficient (Wildman–Crippen LogP) is 2.05. The quantitative estimate of drug-likeness (QED) is 0.744. The summed E-state index contributed by atoms with van der Waals surface area (Å²) < 4.78 is 0. The third kappa shape index (κ3) is 3.58. The Morgan fingerprint density at radius 2 is 2.00 bits per heavy atom. The lowest BCUT2D eigenvalue weighted by molar-refractivity contribution is -0.138. The van der Waals surface area contributed by atoms with Gasteiger partial charge in [0.15, 0.2) is 0 Å². The number of carbonyl (C=O) groups is 1. The molecule has 0 spiro atoms. The highest BCUT2D eigenvalue weighted by Gasteiger charge is 2.23. The van der Waals surface area contributed by atoms with Crippen LogP contribution in [0.15, 0.2) is 18.2 Å². The second kappa shape index (κ2) is 6.86. The molecular formula is C16H23NO3. The smallest absolute Gasteiger partial charge is 0.305 e. The average molecular weight is 277 g/mol. The SMILES string of the molecule is CCNC(CC(=O)O)C(O)c1ccc2c(c1)CCCC2. The number of benzene rings is 1. The molecule has 4 heteroatoms. The van der Waals surface area contributed by atoms with Gasteiger partial charge in [0.05, 0.1) is 12.5 Å². The van der Waals surface area contributed by atoms with Crippen molar-refractivity contribution in [3.05, 3.63) is 34.9 Å². The van der Waals surface area contributed by atoms with Crippen molar-refractivity contribution in [2.24, 2.45) is 0 Å². The molecule has 110 valence electrons. The van der Waals surface area contributed by atoms with Crippen molar-refractivity contribution in [3.8, 4) is 0 Å². The van der Waals surface area contributed by atoms with Crippen LogP contribution in [0.5, 0.6) is 0 Å². The van der Waals surface area contributed by atoms with Crippen LogP contribution in [0.25, 0.3) is 0 Å². The third-order valence-corrected chi connectivity index (χ3v) is 3.96. The number of rotatable bonds is 6. The van der Waals surface area contributed by atoms with Crippen molar-refractivity contribution in [3.63, 3.8) is 0 Å². The second-order valence-electron chi connectivity index (χ2n) is 5.44. The largest absolute Gasteiger partial charge is 0.481 e. The summed E-state index contributed by atoms with van der Waals surface area (Å²) in [6.45, 7) is 2.55. The van der Waals surface area contributed by atoms with Gasteiger partial charge in [0, 0.05) is 6.04 Å². The van der Waals surface area contributed by atoms with Crippen molar-refractivity contribution in [2.75, 3.05) is 6.54 Å². The molecule has 0 saturated heterocycles. The number of nitrogens with one attached hydrogen (secondary N) is 1. The van der Waals surface area contributed by atoms with E-state index in [9.17, 15) is 9.90 Å². The molecule has 1 aromatic rings. The summed E-state index contributed by atoms with van der Waals surface area (Å²) in [5.74, 6) is -0.895. The first-order chi connectivity index (χ1) is 9.61. The van der Waals surface area contributed by atoms with Gasteiger partial charge in [-0.2, -0.15) is 0 Å². The third-order valence-electron chi connectivity index (χ3n) is 3.96. The van der Waals surface area contributed by atoms with Gasteiger partial charge in [-0.1, -0.05) is 25.1 Å². The van der Waals surface area contributed by atoms with E-state index >= 15 is 0 Å². The number of hydrogen-bond acceptors (Lipinski definition) is 3. The number of carboxylic acids is 1. The second-order valence-corrected chi connectivity index (χ2v) is 5.44. The van der Waals surface area contributed by atoms with Gasteiger partial charge < -0.3 is 15.5 Å². The minimum Gasteiger partial charge on any atom is -0.481 e. The van der Waals surface area contributed by atoms with Gasteiger partial charge in [0.1, 0.15) is 0 Å². The lowest BCUT2D eigenvalue weighted by atomic mass is 9.88. The fourth-order valence-electron chi connectivity index (χ4n) is 2.92. The number of aliphatic carboxylic acids is 1. The van der Waals surface area contributed by atoms with Crippen molar-refractivity contribution in [2.45, 2.75) is 51.2 Å². The maximum atomic E-state index is 10.9. The van der Waals surface area contributed by atoms with E-state index < -0.39 is 18.1 Å². The molecule has 1 aromatic carbocycles. The Morgan fingerprint density at radius 1 is 1.30 bits per heavy atom. The molecule has 20 heavy (non-hydrogen) atoms. The van der Waals surface area contributed by atoms with E-state index in [1.165, 1.54) is 24.0 Å². The zero-order valence-electron chi connectivity index (χ0n) is 11.9. The van der Waals surface area contributed by atoms with Crippen LogP contribution in [0.4, 0.5) is 0 Å². The molecule has 0 radical (unpaired) electrons. The van der Waals surface area contributed by atoms with Gasteiger partial charge in [-0.15, -0.1) is 0 Å². The van der Waals surface area contributed by atoms with Gasteiger partial charge >= 0.3 is 5.97 Å². The maximum Gasteiger partial charge on any atom is 0.305 e. The lowest BCUT2D eigenvalue weighted by Crippen LogP contribution is -2.36. The molecule has 4 nitrogen and oxygen atoms in total. The normalized spacial score (nSPS) is 17.3. The van der Waals surface area contributed by atoms with Gasteiger partial charge in [-0.25, -0.2) is 0 Å². The van der Waals surface area contributed by atoms with Crippen LogP contribution < -0.4 is 5.32 Å². The van der Waals surface area contributed by atoms with Crippen LogP contribution in [0.1, 0.15) is 49.0 Å². The standard InChI is InChI=1S/C16H23NO3/c1-2-17-14(10-15(18)19)16(20)13-8-7-11-5-3-4-6-12(11)9-13/h7-9,14,16-17,20H,2-6,10H2,1H3,(H,18,19). The molecular weight excluding hydrogens is 254 g/mol. The summed E-state index contributed by atoms with van der Waals surface area (Å²) in [7, 11) is 0. The monoisotopic (exact) mass is 277 g/mol. The number of carboxylic acid groups (broad SMARTS) is 1. The molecule has 2 rings (SSSR count). The molecule has 0 bridgehead atoms. The van der Waals surface area contributed by atoms with Crippen LogP contribution in [-0.2, 0) is 17.6 Å². The Balaban J connectivity index is 2.17. The average Bonchev–Trinajstić information content (AvgIpc) is 2.45. The molecule has 2 atom stereocenters. The number of aliphatic hydroxyl groups is 1. The van der Waals surface area contributed by atoms with E-state index in [0.29, 0.717) is 6.54 Å². The van der Waals surface area contributed by atoms with E-state index in [-0.39, 0.29) is 6.42 Å². The Bertz CT molecular complexity index is 473. The van der Waals surface area contributed by atoms with Crippen LogP contribution >= 0.6 is 0 Å². The highest BCUT2D eigenvalue weighted by atomic mass is 16.4. The minimum absolute atomic E-state index is 0.0773. The van der Waals surface area contributed by atoms with Crippen molar-refractivity contribution >= 4 is 5.97 Å². The number of fused-ring (bicyclic) bond motifs is 1. The summed E-state index contributed by atoms with van der Waals surface area (Å²) in [5.41, 5.74) is 3.49. The van der Waals surface area contributed by atoms with Crippen molar-refractivity contribution in [1.82, 2.24) is 5.32 Å². The summed E-state index contributed by atoms with van der Waals surface area (Å²) in [4.78, 5) is 10.9. The fourth-order valence-corrected chi connectivity index (χ4v) is 2.92. The molecule has 1 aliphatic rings. The number of hydrogen-bond donors (Lipinski definition) is 3. The Labute approximate surface area is 119 Å². The van der Waals surface area contributed by atoms with Crippen LogP contribution in [0.2, 0.25) is 0 Å². The first kappa shape index (κ1) is 15.0. The zero-order chi connectivity index (χ0) is 14.5.